The first kappa shape index (κ1) is 8.40. The van der Waals surface area contributed by atoms with Crippen LogP contribution in [0.25, 0.3) is 0 Å². The third-order valence-corrected chi connectivity index (χ3v) is 1.37. The van der Waals surface area contributed by atoms with Gasteiger partial charge in [-0.3, -0.25) is 0 Å². The molecule has 0 spiro atoms. The molecule has 0 aliphatic heterocycles. The molecule has 5 heteroatoms. The number of rotatable bonds is 2. The predicted octanol–water partition coefficient (Wildman–Crippen LogP) is -0.552. The van der Waals surface area contributed by atoms with E-state index < -0.39 is 16.1 Å². The van der Waals surface area contributed by atoms with Crippen molar-refractivity contribution in [1.82, 2.24) is 4.72 Å². The molecule has 0 fully saturated rings. The highest BCUT2D eigenvalue weighted by atomic mass is 32.2. The summed E-state index contributed by atoms with van der Waals surface area (Å²) in [6.07, 6.45) is 1.01. The largest absolute Gasteiger partial charge is 0.213 e. The summed E-state index contributed by atoms with van der Waals surface area (Å²) in [7, 11) is -3.21. The van der Waals surface area contributed by atoms with Crippen molar-refractivity contribution in [1.29, 1.82) is 5.26 Å². The van der Waals surface area contributed by atoms with E-state index in [0.717, 1.165) is 6.26 Å². The number of hydrogen-bond donors (Lipinski definition) is 1. The van der Waals surface area contributed by atoms with Crippen molar-refractivity contribution in [3.05, 3.63) is 0 Å². The van der Waals surface area contributed by atoms with E-state index in [0.29, 0.717) is 0 Å². The molecule has 0 aliphatic rings. The highest BCUT2D eigenvalue weighted by Gasteiger charge is 2.04. The Kier molecular flexibility index (Phi) is 2.62. The molecule has 0 aromatic rings. The monoisotopic (exact) mass is 148 g/mol. The van der Waals surface area contributed by atoms with Crippen molar-refractivity contribution in [2.75, 3.05) is 6.26 Å². The molecule has 0 aromatic carbocycles. The Hall–Kier alpha value is -0.600. The molecular weight excluding hydrogens is 140 g/mol. The number of nitrogens with zero attached hydrogens (tertiary/aromatic N) is 1. The van der Waals surface area contributed by atoms with E-state index in [1.54, 1.807) is 6.07 Å². The van der Waals surface area contributed by atoms with Crippen LogP contribution < -0.4 is 4.72 Å². The second kappa shape index (κ2) is 2.80. The van der Waals surface area contributed by atoms with E-state index >= 15 is 0 Å². The van der Waals surface area contributed by atoms with Crippen LogP contribution in [0.3, 0.4) is 0 Å². The first-order valence-electron chi connectivity index (χ1n) is 2.32. The molecule has 0 aromatic heterocycles. The Morgan fingerprint density at radius 2 is 2.11 bits per heavy atom. The Morgan fingerprint density at radius 1 is 1.67 bits per heavy atom. The van der Waals surface area contributed by atoms with Gasteiger partial charge in [-0.15, -0.1) is 0 Å². The summed E-state index contributed by atoms with van der Waals surface area (Å²) in [5.41, 5.74) is 0. The van der Waals surface area contributed by atoms with Crippen molar-refractivity contribution in [2.24, 2.45) is 0 Å². The topological polar surface area (TPSA) is 70.0 Å². The second-order valence-electron chi connectivity index (χ2n) is 1.74. The van der Waals surface area contributed by atoms with Crippen LogP contribution >= 0.6 is 0 Å². The van der Waals surface area contributed by atoms with Crippen LogP contribution in [0.15, 0.2) is 0 Å². The van der Waals surface area contributed by atoms with Crippen LogP contribution in [0.1, 0.15) is 6.92 Å². The Bertz CT molecular complexity index is 213. The zero-order valence-electron chi connectivity index (χ0n) is 5.25. The Balaban J connectivity index is 3.94. The van der Waals surface area contributed by atoms with Crippen LogP contribution in [-0.2, 0) is 10.0 Å². The van der Waals surface area contributed by atoms with Crippen molar-refractivity contribution in [3.63, 3.8) is 0 Å². The maximum absolute atomic E-state index is 10.3. The van der Waals surface area contributed by atoms with Crippen molar-refractivity contribution in [3.8, 4) is 6.07 Å². The predicted molar refractivity (Wildman–Crippen MR) is 33.1 cm³/mol. The van der Waals surface area contributed by atoms with E-state index in [1.807, 2.05) is 0 Å². The Labute approximate surface area is 54.5 Å². The summed E-state index contributed by atoms with van der Waals surface area (Å²) in [4.78, 5) is 0. The SMILES string of the molecule is C[C@@H](C#N)NS(C)(=O)=O. The molecule has 1 N–H and O–H groups in total. The van der Waals surface area contributed by atoms with E-state index in [-0.39, 0.29) is 0 Å². The molecule has 0 amide bonds. The van der Waals surface area contributed by atoms with Crippen LogP contribution in [0.5, 0.6) is 0 Å². The highest BCUT2D eigenvalue weighted by Crippen LogP contribution is 1.80. The van der Waals surface area contributed by atoms with Gasteiger partial charge in [0.15, 0.2) is 0 Å². The van der Waals surface area contributed by atoms with Crippen LogP contribution in [-0.4, -0.2) is 20.7 Å². The highest BCUT2D eigenvalue weighted by molar-refractivity contribution is 7.88. The standard InChI is InChI=1S/C4H8N2O2S/c1-4(3-5)6-9(2,7)8/h4,6H,1-2H3/t4-/m0/s1. The summed E-state index contributed by atoms with van der Waals surface area (Å²) < 4.78 is 22.8. The quantitative estimate of drug-likeness (QED) is 0.571. The molecule has 1 atom stereocenters. The van der Waals surface area contributed by atoms with Gasteiger partial charge in [-0.2, -0.15) is 9.98 Å². The first-order valence-corrected chi connectivity index (χ1v) is 4.22. The van der Waals surface area contributed by atoms with E-state index in [2.05, 4.69) is 4.72 Å². The van der Waals surface area contributed by atoms with E-state index in [4.69, 9.17) is 5.26 Å². The minimum atomic E-state index is -3.21. The number of sulfonamides is 1. The molecule has 52 valence electrons. The molecule has 0 radical (unpaired) electrons. The molecule has 0 saturated heterocycles. The van der Waals surface area contributed by atoms with Gasteiger partial charge in [-0.1, -0.05) is 0 Å². The average Bonchev–Trinajstić information content (AvgIpc) is 1.62. The van der Waals surface area contributed by atoms with Gasteiger partial charge in [0.1, 0.15) is 6.04 Å². The fraction of sp³-hybridized carbons (Fsp3) is 0.750. The molecular formula is C4H8N2O2S. The van der Waals surface area contributed by atoms with Gasteiger partial charge in [0.05, 0.1) is 12.3 Å². The van der Waals surface area contributed by atoms with Crippen LogP contribution in [0.2, 0.25) is 0 Å². The van der Waals surface area contributed by atoms with Gasteiger partial charge in [0.2, 0.25) is 10.0 Å². The van der Waals surface area contributed by atoms with Gasteiger partial charge < -0.3 is 0 Å². The fourth-order valence-electron chi connectivity index (χ4n) is 0.347. The van der Waals surface area contributed by atoms with Gasteiger partial charge >= 0.3 is 0 Å². The summed E-state index contributed by atoms with van der Waals surface area (Å²) in [5, 5.41) is 8.12. The molecule has 0 saturated carbocycles. The van der Waals surface area contributed by atoms with Crippen molar-refractivity contribution in [2.45, 2.75) is 13.0 Å². The van der Waals surface area contributed by atoms with Gasteiger partial charge in [-0.05, 0) is 6.92 Å². The summed E-state index contributed by atoms with van der Waals surface area (Å²) in [5.74, 6) is 0. The second-order valence-corrected chi connectivity index (χ2v) is 3.52. The minimum absolute atomic E-state index is 0.639. The maximum atomic E-state index is 10.3. The lowest BCUT2D eigenvalue weighted by atomic mass is 10.4. The van der Waals surface area contributed by atoms with E-state index in [9.17, 15) is 8.42 Å². The molecule has 0 unspecified atom stereocenters. The molecule has 0 bridgehead atoms. The molecule has 0 heterocycles. The van der Waals surface area contributed by atoms with Crippen LogP contribution in [0, 0.1) is 11.3 Å². The zero-order valence-corrected chi connectivity index (χ0v) is 6.07. The summed E-state index contributed by atoms with van der Waals surface area (Å²) >= 11 is 0. The average molecular weight is 148 g/mol. The molecule has 0 rings (SSSR count). The molecule has 4 nitrogen and oxygen atoms in total. The summed E-state index contributed by atoms with van der Waals surface area (Å²) in [6.45, 7) is 1.47. The third-order valence-electron chi connectivity index (χ3n) is 0.585. The number of hydrogen-bond acceptors (Lipinski definition) is 3. The summed E-state index contributed by atoms with van der Waals surface area (Å²) in [6, 6.07) is 1.09. The van der Waals surface area contributed by atoms with Crippen molar-refractivity contribution >= 4 is 10.0 Å². The smallest absolute Gasteiger partial charge is 0.209 e. The molecule has 0 aliphatic carbocycles. The lowest BCUT2D eigenvalue weighted by Crippen LogP contribution is -2.30. The lowest BCUT2D eigenvalue weighted by Gasteiger charge is -2.00. The molecule has 9 heavy (non-hydrogen) atoms. The number of nitrogens with one attached hydrogen (secondary N) is 1. The number of nitriles is 1. The van der Waals surface area contributed by atoms with Crippen LogP contribution in [0.4, 0.5) is 0 Å². The van der Waals surface area contributed by atoms with Crippen molar-refractivity contribution < 1.29 is 8.42 Å². The normalized spacial score (nSPS) is 14.3. The fourth-order valence-corrected chi connectivity index (χ4v) is 1.04. The zero-order chi connectivity index (χ0) is 7.49. The van der Waals surface area contributed by atoms with Gasteiger partial charge in [0.25, 0.3) is 0 Å². The van der Waals surface area contributed by atoms with Gasteiger partial charge in [-0.25, -0.2) is 8.42 Å². The minimum Gasteiger partial charge on any atom is -0.213 e. The van der Waals surface area contributed by atoms with Gasteiger partial charge in [0, 0.05) is 0 Å². The lowest BCUT2D eigenvalue weighted by molar-refractivity contribution is 0.583. The third kappa shape index (κ3) is 5.27. The first-order chi connectivity index (χ1) is 3.95. The maximum Gasteiger partial charge on any atom is 0.209 e. The Morgan fingerprint density at radius 3 is 2.22 bits per heavy atom. The van der Waals surface area contributed by atoms with E-state index in [1.165, 1.54) is 6.92 Å².